The second-order valence-electron chi connectivity index (χ2n) is 3.00. The van der Waals surface area contributed by atoms with E-state index < -0.39 is 0 Å². The molecule has 7 heteroatoms. The number of rotatable bonds is 10. The van der Waals surface area contributed by atoms with Gasteiger partial charge in [0.1, 0.15) is 11.2 Å². The van der Waals surface area contributed by atoms with Crippen molar-refractivity contribution in [1.82, 2.24) is 4.98 Å². The van der Waals surface area contributed by atoms with Crippen LogP contribution >= 0.6 is 27.3 Å². The maximum atomic E-state index is 5.36. The number of thiazole rings is 1. The number of aromatic nitrogens is 1. The van der Waals surface area contributed by atoms with Crippen LogP contribution < -0.4 is 4.74 Å². The minimum absolute atomic E-state index is 0.498. The average molecular weight is 326 g/mol. The zero-order chi connectivity index (χ0) is 12.3. The molecular formula is C10H16BrNO4S. The molecule has 5 nitrogen and oxygen atoms in total. The molecule has 0 fully saturated rings. The van der Waals surface area contributed by atoms with E-state index in [2.05, 4.69) is 20.9 Å². The Balaban J connectivity index is 1.84. The van der Waals surface area contributed by atoms with E-state index in [9.17, 15) is 0 Å². The summed E-state index contributed by atoms with van der Waals surface area (Å²) < 4.78 is 21.6. The first-order valence-electron chi connectivity index (χ1n) is 5.21. The Kier molecular flexibility index (Phi) is 8.55. The first-order valence-corrected chi connectivity index (χ1v) is 6.88. The minimum Gasteiger partial charge on any atom is -0.468 e. The molecule has 0 aliphatic carbocycles. The van der Waals surface area contributed by atoms with E-state index in [4.69, 9.17) is 18.9 Å². The highest BCUT2D eigenvalue weighted by Crippen LogP contribution is 2.21. The van der Waals surface area contributed by atoms with Gasteiger partial charge < -0.3 is 18.9 Å². The highest BCUT2D eigenvalue weighted by atomic mass is 79.9. The Bertz CT molecular complexity index is 298. The standard InChI is InChI=1S/C10H16BrNO4S/c1-13-2-3-14-4-5-15-6-7-16-10-12-9(11)8-17-10/h8H,2-7H2,1H3. The second-order valence-corrected chi connectivity index (χ2v) is 4.64. The van der Waals surface area contributed by atoms with Crippen LogP contribution in [-0.4, -0.2) is 51.7 Å². The van der Waals surface area contributed by atoms with E-state index >= 15 is 0 Å². The number of halogens is 1. The fourth-order valence-corrected chi connectivity index (χ4v) is 2.07. The lowest BCUT2D eigenvalue weighted by Crippen LogP contribution is -2.12. The highest BCUT2D eigenvalue weighted by Gasteiger charge is 1.99. The van der Waals surface area contributed by atoms with Gasteiger partial charge in [0.25, 0.3) is 5.19 Å². The molecule has 1 aromatic heterocycles. The zero-order valence-corrected chi connectivity index (χ0v) is 12.1. The van der Waals surface area contributed by atoms with Crippen molar-refractivity contribution in [1.29, 1.82) is 0 Å². The lowest BCUT2D eigenvalue weighted by molar-refractivity contribution is 0.0179. The fourth-order valence-electron chi connectivity index (χ4n) is 0.957. The van der Waals surface area contributed by atoms with E-state index in [0.29, 0.717) is 44.8 Å². The number of hydrogen-bond acceptors (Lipinski definition) is 6. The van der Waals surface area contributed by atoms with Crippen molar-refractivity contribution in [3.8, 4) is 5.19 Å². The molecule has 0 aromatic carbocycles. The Morgan fingerprint density at radius 1 is 1.12 bits per heavy atom. The van der Waals surface area contributed by atoms with E-state index in [-0.39, 0.29) is 0 Å². The summed E-state index contributed by atoms with van der Waals surface area (Å²) in [5.74, 6) is 0. The maximum Gasteiger partial charge on any atom is 0.274 e. The van der Waals surface area contributed by atoms with Crippen LogP contribution in [0.15, 0.2) is 9.98 Å². The Hall–Kier alpha value is -0.210. The van der Waals surface area contributed by atoms with Crippen LogP contribution in [0, 0.1) is 0 Å². The predicted molar refractivity (Wildman–Crippen MR) is 68.8 cm³/mol. The summed E-state index contributed by atoms with van der Waals surface area (Å²) >= 11 is 4.71. The van der Waals surface area contributed by atoms with Crippen molar-refractivity contribution in [2.75, 3.05) is 46.8 Å². The number of nitrogens with zero attached hydrogens (tertiary/aromatic N) is 1. The normalized spacial score (nSPS) is 10.7. The van der Waals surface area contributed by atoms with Gasteiger partial charge in [-0.3, -0.25) is 0 Å². The van der Waals surface area contributed by atoms with E-state index in [1.165, 1.54) is 11.3 Å². The molecule has 1 aromatic rings. The Labute approximate surface area is 113 Å². The third-order valence-corrected chi connectivity index (χ3v) is 3.17. The van der Waals surface area contributed by atoms with Gasteiger partial charge in [-0.2, -0.15) is 4.98 Å². The Morgan fingerprint density at radius 2 is 1.76 bits per heavy atom. The van der Waals surface area contributed by atoms with Crippen LogP contribution in [0.1, 0.15) is 0 Å². The smallest absolute Gasteiger partial charge is 0.274 e. The molecular weight excluding hydrogens is 310 g/mol. The van der Waals surface area contributed by atoms with Gasteiger partial charge in [-0.05, 0) is 15.9 Å². The van der Waals surface area contributed by atoms with E-state index in [1.54, 1.807) is 7.11 Å². The second kappa shape index (κ2) is 9.78. The van der Waals surface area contributed by atoms with Gasteiger partial charge in [-0.15, -0.1) is 0 Å². The van der Waals surface area contributed by atoms with Gasteiger partial charge in [-0.25, -0.2) is 0 Å². The Morgan fingerprint density at radius 3 is 2.35 bits per heavy atom. The molecule has 0 aliphatic heterocycles. The van der Waals surface area contributed by atoms with Crippen molar-refractivity contribution in [2.45, 2.75) is 0 Å². The number of methoxy groups -OCH3 is 1. The van der Waals surface area contributed by atoms with Gasteiger partial charge >= 0.3 is 0 Å². The predicted octanol–water partition coefficient (Wildman–Crippen LogP) is 1.96. The maximum absolute atomic E-state index is 5.36. The van der Waals surface area contributed by atoms with Crippen molar-refractivity contribution < 1.29 is 18.9 Å². The van der Waals surface area contributed by atoms with Crippen molar-refractivity contribution in [3.63, 3.8) is 0 Å². The molecule has 0 N–H and O–H groups in total. The first kappa shape index (κ1) is 14.8. The molecule has 1 rings (SSSR count). The van der Waals surface area contributed by atoms with Crippen LogP contribution in [0.5, 0.6) is 5.19 Å². The molecule has 0 atom stereocenters. The summed E-state index contributed by atoms with van der Waals surface area (Å²) in [5, 5.41) is 2.52. The SMILES string of the molecule is COCCOCCOCCOc1nc(Br)cs1. The monoisotopic (exact) mass is 325 g/mol. The molecule has 0 bridgehead atoms. The third kappa shape index (κ3) is 7.67. The van der Waals surface area contributed by atoms with Crippen molar-refractivity contribution >= 4 is 27.3 Å². The number of ether oxygens (including phenoxy) is 4. The van der Waals surface area contributed by atoms with Gasteiger partial charge in [0.15, 0.2) is 0 Å². The molecule has 98 valence electrons. The van der Waals surface area contributed by atoms with Gasteiger partial charge in [0.2, 0.25) is 0 Å². The largest absolute Gasteiger partial charge is 0.468 e. The van der Waals surface area contributed by atoms with E-state index in [0.717, 1.165) is 4.60 Å². The summed E-state index contributed by atoms with van der Waals surface area (Å²) in [7, 11) is 1.65. The quantitative estimate of drug-likeness (QED) is 0.615. The van der Waals surface area contributed by atoms with Gasteiger partial charge in [0, 0.05) is 12.5 Å². The van der Waals surface area contributed by atoms with Crippen LogP contribution in [0.25, 0.3) is 0 Å². The summed E-state index contributed by atoms with van der Waals surface area (Å²) in [6.45, 7) is 3.38. The lowest BCUT2D eigenvalue weighted by Gasteiger charge is -2.05. The number of hydrogen-bond donors (Lipinski definition) is 0. The van der Waals surface area contributed by atoms with Gasteiger partial charge in [0.05, 0.1) is 33.0 Å². The van der Waals surface area contributed by atoms with Crippen LogP contribution in [0.3, 0.4) is 0 Å². The molecule has 0 aliphatic rings. The molecule has 0 unspecified atom stereocenters. The van der Waals surface area contributed by atoms with E-state index in [1.807, 2.05) is 5.38 Å². The minimum atomic E-state index is 0.498. The summed E-state index contributed by atoms with van der Waals surface area (Å²) in [6, 6.07) is 0. The highest BCUT2D eigenvalue weighted by molar-refractivity contribution is 9.10. The molecule has 17 heavy (non-hydrogen) atoms. The topological polar surface area (TPSA) is 49.8 Å². The molecule has 0 saturated heterocycles. The van der Waals surface area contributed by atoms with Crippen LogP contribution in [0.4, 0.5) is 0 Å². The summed E-state index contributed by atoms with van der Waals surface area (Å²) in [6.07, 6.45) is 0. The fraction of sp³-hybridized carbons (Fsp3) is 0.700. The molecule has 0 amide bonds. The molecule has 0 saturated carbocycles. The average Bonchev–Trinajstić information content (AvgIpc) is 2.73. The molecule has 0 radical (unpaired) electrons. The summed E-state index contributed by atoms with van der Waals surface area (Å²) in [4.78, 5) is 4.10. The van der Waals surface area contributed by atoms with Crippen LogP contribution in [-0.2, 0) is 14.2 Å². The van der Waals surface area contributed by atoms with Gasteiger partial charge in [-0.1, -0.05) is 11.3 Å². The van der Waals surface area contributed by atoms with Crippen molar-refractivity contribution in [3.05, 3.63) is 9.98 Å². The summed E-state index contributed by atoms with van der Waals surface area (Å²) in [5.41, 5.74) is 0. The molecule has 0 spiro atoms. The van der Waals surface area contributed by atoms with Crippen LogP contribution in [0.2, 0.25) is 0 Å². The molecule has 1 heterocycles. The first-order chi connectivity index (χ1) is 8.33. The van der Waals surface area contributed by atoms with Crippen molar-refractivity contribution in [2.24, 2.45) is 0 Å². The third-order valence-electron chi connectivity index (χ3n) is 1.71. The zero-order valence-electron chi connectivity index (χ0n) is 9.69. The lowest BCUT2D eigenvalue weighted by atomic mass is 10.7.